The molecule has 1 saturated heterocycles. The number of rotatable bonds is 15. The number of ether oxygens (including phenoxy) is 3. The van der Waals surface area contributed by atoms with Gasteiger partial charge in [-0.1, -0.05) is 12.2 Å². The third-order valence-electron chi connectivity index (χ3n) is 9.83. The summed E-state index contributed by atoms with van der Waals surface area (Å²) in [6, 6.07) is 4.62. The van der Waals surface area contributed by atoms with E-state index in [0.717, 1.165) is 5.39 Å². The lowest BCUT2D eigenvalue weighted by Crippen LogP contribution is -2.58. The van der Waals surface area contributed by atoms with E-state index in [-0.39, 0.29) is 43.9 Å². The number of carbonyl (C=O) groups excluding carboxylic acids is 5. The molecule has 2 saturated carbocycles. The van der Waals surface area contributed by atoms with E-state index in [0.29, 0.717) is 29.6 Å². The summed E-state index contributed by atoms with van der Waals surface area (Å²) >= 11 is 0. The lowest BCUT2D eigenvalue weighted by molar-refractivity contribution is -0.141. The second-order valence-electron chi connectivity index (χ2n) is 15.0. The van der Waals surface area contributed by atoms with Gasteiger partial charge in [-0.3, -0.25) is 23.9 Å². The number of amides is 4. The predicted octanol–water partition coefficient (Wildman–Crippen LogP) is 3.47. The number of aromatic nitrogens is 1. The molecule has 16 heteroatoms. The third kappa shape index (κ3) is 9.20. The number of sulfonamides is 1. The van der Waals surface area contributed by atoms with Crippen molar-refractivity contribution in [3.8, 4) is 11.6 Å². The van der Waals surface area contributed by atoms with Crippen LogP contribution in [0.1, 0.15) is 73.1 Å². The normalized spacial score (nSPS) is 23.2. The summed E-state index contributed by atoms with van der Waals surface area (Å²) < 4.78 is 44.7. The molecule has 0 spiro atoms. The lowest BCUT2D eigenvalue weighted by Gasteiger charge is -2.30. The fourth-order valence-corrected chi connectivity index (χ4v) is 7.81. The molecule has 5 unspecified atom stereocenters. The minimum absolute atomic E-state index is 0.0433. The Hall–Kier alpha value is -4.99. The molecule has 4 amide bonds. The van der Waals surface area contributed by atoms with Crippen LogP contribution in [0.2, 0.25) is 0 Å². The second-order valence-corrected chi connectivity index (χ2v) is 17.0. The van der Waals surface area contributed by atoms with E-state index >= 15 is 0 Å². The molecule has 1 aromatic carbocycles. The van der Waals surface area contributed by atoms with Gasteiger partial charge in [-0.25, -0.2) is 18.2 Å². The molecule has 2 aromatic rings. The number of pyridine rings is 1. The Labute approximate surface area is 315 Å². The Morgan fingerprint density at radius 1 is 1.15 bits per heavy atom. The quantitative estimate of drug-likeness (QED) is 0.177. The molecule has 5 atom stereocenters. The molecule has 1 aromatic heterocycles. The first-order valence-electron chi connectivity index (χ1n) is 18.0. The van der Waals surface area contributed by atoms with Crippen LogP contribution in [0.25, 0.3) is 10.8 Å². The monoisotopic (exact) mass is 767 g/mol. The van der Waals surface area contributed by atoms with E-state index in [4.69, 9.17) is 14.2 Å². The van der Waals surface area contributed by atoms with Crippen LogP contribution >= 0.6 is 0 Å². The highest BCUT2D eigenvalue weighted by Crippen LogP contribution is 2.45. The number of methoxy groups -OCH3 is 1. The van der Waals surface area contributed by atoms with Gasteiger partial charge in [-0.05, 0) is 95.5 Å². The molecule has 2 heterocycles. The summed E-state index contributed by atoms with van der Waals surface area (Å²) in [6.07, 6.45) is 3.75. The first-order chi connectivity index (χ1) is 25.4. The van der Waals surface area contributed by atoms with Crippen molar-refractivity contribution in [2.45, 2.75) is 108 Å². The summed E-state index contributed by atoms with van der Waals surface area (Å²) in [4.78, 5) is 73.7. The van der Waals surface area contributed by atoms with Crippen molar-refractivity contribution in [1.29, 1.82) is 0 Å². The van der Waals surface area contributed by atoms with Gasteiger partial charge in [0.1, 0.15) is 35.1 Å². The maximum absolute atomic E-state index is 14.5. The smallest absolute Gasteiger partial charge is 0.408 e. The number of Topliss-reactive ketones (excluding diaryl/α,β-unsaturated/α-hetero) is 1. The number of nitrogens with one attached hydrogen (secondary N) is 3. The van der Waals surface area contributed by atoms with Gasteiger partial charge in [0, 0.05) is 30.3 Å². The first-order valence-corrected chi connectivity index (χ1v) is 19.5. The van der Waals surface area contributed by atoms with Crippen molar-refractivity contribution >= 4 is 50.4 Å². The molecule has 54 heavy (non-hydrogen) atoms. The van der Waals surface area contributed by atoms with Crippen molar-refractivity contribution < 1.29 is 46.6 Å². The summed E-state index contributed by atoms with van der Waals surface area (Å²) in [5, 5.41) is 6.11. The standard InChI is InChI=1S/C38H49N5O10S/c1-8-22(3)31(44)15-14-29(40-36(48)53-37(4,5)6)34(46)43-21-26(52-33-28-13-10-25(51-7)18-23(28)16-17-39-33)19-30(43)32(45)41-38(20-24(38)9-2)35(47)42-54(49,50)27-11-12-27/h8-10,13,16-18,24,26-27,29-30H,2,11-12,14-15,19-21H2,1,3-7H3,(H,40,48)(H,41,45)(H,42,47)/b22-8+. The SMILES string of the molecule is C=CC1CC1(NC(=O)C1CC(Oc2nccc3cc(OC)ccc23)CN1C(=O)C(CCC(=O)/C(C)=C/C)NC(=O)OC(C)(C)C)C(=O)NS(=O)(=O)C1CC1. The molecular formula is C38H49N5O10S. The van der Waals surface area contributed by atoms with Crippen molar-refractivity contribution in [2.75, 3.05) is 13.7 Å². The van der Waals surface area contributed by atoms with Crippen molar-refractivity contribution in [2.24, 2.45) is 5.92 Å². The Bertz CT molecular complexity index is 1970. The fourth-order valence-electron chi connectivity index (χ4n) is 6.44. The Morgan fingerprint density at radius 2 is 1.87 bits per heavy atom. The number of nitrogens with zero attached hydrogens (tertiary/aromatic N) is 2. The molecule has 5 rings (SSSR count). The van der Waals surface area contributed by atoms with Crippen molar-refractivity contribution in [3.63, 3.8) is 0 Å². The molecule has 292 valence electrons. The largest absolute Gasteiger partial charge is 0.497 e. The minimum atomic E-state index is -3.93. The summed E-state index contributed by atoms with van der Waals surface area (Å²) in [6.45, 7) is 12.0. The molecule has 2 aliphatic carbocycles. The van der Waals surface area contributed by atoms with E-state index in [1.54, 1.807) is 72.2 Å². The lowest BCUT2D eigenvalue weighted by atomic mass is 10.0. The topological polar surface area (TPSA) is 199 Å². The van der Waals surface area contributed by atoms with Crippen molar-refractivity contribution in [1.82, 2.24) is 25.2 Å². The number of hydrogen-bond acceptors (Lipinski definition) is 11. The second kappa shape index (κ2) is 15.8. The molecule has 0 radical (unpaired) electrons. The molecule has 15 nitrogen and oxygen atoms in total. The van der Waals surface area contributed by atoms with E-state index in [2.05, 4.69) is 26.9 Å². The van der Waals surface area contributed by atoms with Gasteiger partial charge < -0.3 is 29.7 Å². The zero-order valence-corrected chi connectivity index (χ0v) is 32.3. The van der Waals surface area contributed by atoms with E-state index in [1.807, 2.05) is 6.07 Å². The van der Waals surface area contributed by atoms with Crippen LogP contribution in [0.4, 0.5) is 4.79 Å². The van der Waals surface area contributed by atoms with Gasteiger partial charge in [0.25, 0.3) is 5.91 Å². The van der Waals surface area contributed by atoms with Crippen LogP contribution in [0, 0.1) is 5.92 Å². The summed E-state index contributed by atoms with van der Waals surface area (Å²) in [7, 11) is -2.38. The molecular weight excluding hydrogens is 719 g/mol. The van der Waals surface area contributed by atoms with E-state index in [9.17, 15) is 32.4 Å². The fraction of sp³-hybridized carbons (Fsp3) is 0.526. The Morgan fingerprint density at radius 3 is 2.48 bits per heavy atom. The van der Waals surface area contributed by atoms with Crippen molar-refractivity contribution in [3.05, 3.63) is 54.8 Å². The zero-order chi connectivity index (χ0) is 39.6. The van der Waals surface area contributed by atoms with Crippen LogP contribution in [0.15, 0.2) is 54.8 Å². The maximum atomic E-state index is 14.5. The minimum Gasteiger partial charge on any atom is -0.497 e. The first kappa shape index (κ1) is 40.2. The number of benzene rings is 1. The van der Waals surface area contributed by atoms with Gasteiger partial charge in [0.2, 0.25) is 27.7 Å². The number of likely N-dealkylation sites (tertiary alicyclic amines) is 1. The van der Waals surface area contributed by atoms with Crippen LogP contribution in [0.3, 0.4) is 0 Å². The number of hydrogen-bond donors (Lipinski definition) is 3. The molecule has 3 fully saturated rings. The Kier molecular flexibility index (Phi) is 11.7. The average molecular weight is 768 g/mol. The van der Waals surface area contributed by atoms with Gasteiger partial charge in [-0.2, -0.15) is 0 Å². The number of ketones is 1. The average Bonchev–Trinajstić information content (AvgIpc) is 4.05. The van der Waals surface area contributed by atoms with Gasteiger partial charge >= 0.3 is 6.09 Å². The summed E-state index contributed by atoms with van der Waals surface area (Å²) in [5.74, 6) is -2.21. The molecule has 0 bridgehead atoms. The molecule has 3 N–H and O–H groups in total. The number of alkyl carbamates (subject to hydrolysis) is 1. The highest BCUT2D eigenvalue weighted by molar-refractivity contribution is 7.91. The molecule has 1 aliphatic heterocycles. The predicted molar refractivity (Wildman–Crippen MR) is 199 cm³/mol. The van der Waals surface area contributed by atoms with Crippen LogP contribution in [0.5, 0.6) is 11.6 Å². The number of allylic oxidation sites excluding steroid dienone is 2. The van der Waals surface area contributed by atoms with Gasteiger partial charge in [0.15, 0.2) is 5.78 Å². The highest BCUT2D eigenvalue weighted by atomic mass is 32.2. The highest BCUT2D eigenvalue weighted by Gasteiger charge is 2.62. The molecule has 3 aliphatic rings. The number of carbonyl (C=O) groups is 5. The third-order valence-corrected chi connectivity index (χ3v) is 11.7. The van der Waals surface area contributed by atoms with E-state index in [1.165, 1.54) is 11.0 Å². The Balaban J connectivity index is 1.45. The van der Waals surface area contributed by atoms with Crippen LogP contribution < -0.4 is 24.8 Å². The zero-order valence-electron chi connectivity index (χ0n) is 31.5. The van der Waals surface area contributed by atoms with Gasteiger partial charge in [0.05, 0.1) is 18.9 Å². The summed E-state index contributed by atoms with van der Waals surface area (Å²) in [5.41, 5.74) is -2.01. The van der Waals surface area contributed by atoms with E-state index < -0.39 is 74.3 Å². The maximum Gasteiger partial charge on any atom is 0.408 e. The van der Waals surface area contributed by atoms with Gasteiger partial charge in [-0.15, -0.1) is 6.58 Å². The van der Waals surface area contributed by atoms with Crippen LogP contribution in [-0.2, 0) is 33.9 Å². The number of fused-ring (bicyclic) bond motifs is 1. The van der Waals surface area contributed by atoms with Crippen LogP contribution in [-0.4, -0.2) is 96.1 Å².